The molecule has 1 aliphatic rings. The van der Waals surface area contributed by atoms with Crippen LogP contribution in [0.3, 0.4) is 0 Å². The summed E-state index contributed by atoms with van der Waals surface area (Å²) in [6, 6.07) is 17.2. The molecule has 1 fully saturated rings. The van der Waals surface area contributed by atoms with E-state index in [0.29, 0.717) is 29.2 Å². The molecule has 6 nitrogen and oxygen atoms in total. The molecule has 0 saturated carbocycles. The lowest BCUT2D eigenvalue weighted by Gasteiger charge is -2.25. The quantitative estimate of drug-likeness (QED) is 0.184. The minimum Gasteiger partial charge on any atom is -0.507 e. The highest BCUT2D eigenvalue weighted by atomic mass is 16.5. The number of carbonyl (C=O) groups excluding carboxylic acids is 2. The predicted molar refractivity (Wildman–Crippen MR) is 136 cm³/mol. The summed E-state index contributed by atoms with van der Waals surface area (Å²) in [5.74, 6) is -0.934. The molecule has 180 valence electrons. The monoisotopic (exact) mass is 470 g/mol. The van der Waals surface area contributed by atoms with Gasteiger partial charge in [-0.3, -0.25) is 19.5 Å². The highest BCUT2D eigenvalue weighted by molar-refractivity contribution is 6.51. The first-order valence-electron chi connectivity index (χ1n) is 12.1. The first-order chi connectivity index (χ1) is 17.0. The number of Topliss-reactive ketones (excluding diaryl/α,β-unsaturated/α-hetero) is 1. The van der Waals surface area contributed by atoms with Gasteiger partial charge in [-0.2, -0.15) is 0 Å². The molecule has 0 aliphatic carbocycles. The minimum absolute atomic E-state index is 0.0409. The molecule has 4 rings (SSSR count). The third-order valence-electron chi connectivity index (χ3n) is 6.21. The van der Waals surface area contributed by atoms with Gasteiger partial charge in [0.15, 0.2) is 0 Å². The Balaban J connectivity index is 1.72. The number of aliphatic hydroxyl groups excluding tert-OH is 1. The van der Waals surface area contributed by atoms with Crippen LogP contribution in [-0.2, 0) is 16.0 Å². The van der Waals surface area contributed by atoms with Crippen molar-refractivity contribution in [1.82, 2.24) is 4.98 Å². The number of hydrogen-bond donors (Lipinski definition) is 1. The number of amides is 1. The second kappa shape index (κ2) is 11.0. The van der Waals surface area contributed by atoms with Gasteiger partial charge < -0.3 is 9.84 Å². The van der Waals surface area contributed by atoms with E-state index in [2.05, 4.69) is 18.8 Å². The lowest BCUT2D eigenvalue weighted by molar-refractivity contribution is -0.132. The fraction of sp³-hybridized carbons (Fsp3) is 0.276. The van der Waals surface area contributed by atoms with Crippen LogP contribution in [0.2, 0.25) is 0 Å². The van der Waals surface area contributed by atoms with Gasteiger partial charge in [-0.05, 0) is 66.4 Å². The second-order valence-electron chi connectivity index (χ2n) is 8.56. The van der Waals surface area contributed by atoms with E-state index >= 15 is 0 Å². The first kappa shape index (κ1) is 24.2. The molecule has 3 aromatic rings. The van der Waals surface area contributed by atoms with Gasteiger partial charge in [0, 0.05) is 23.6 Å². The van der Waals surface area contributed by atoms with Crippen LogP contribution in [0, 0.1) is 0 Å². The van der Waals surface area contributed by atoms with E-state index in [1.807, 2.05) is 24.3 Å². The van der Waals surface area contributed by atoms with E-state index < -0.39 is 17.7 Å². The molecule has 2 aromatic carbocycles. The van der Waals surface area contributed by atoms with Crippen molar-refractivity contribution in [2.24, 2.45) is 0 Å². The largest absolute Gasteiger partial charge is 0.507 e. The smallest absolute Gasteiger partial charge is 0.300 e. The number of nitrogens with zero attached hydrogens (tertiary/aromatic N) is 2. The van der Waals surface area contributed by atoms with Crippen LogP contribution in [0.4, 0.5) is 5.69 Å². The molecule has 35 heavy (non-hydrogen) atoms. The van der Waals surface area contributed by atoms with Crippen molar-refractivity contribution in [3.8, 4) is 5.75 Å². The molecule has 1 N–H and O–H groups in total. The molecule has 1 amide bonds. The number of aromatic nitrogens is 1. The van der Waals surface area contributed by atoms with E-state index in [0.717, 1.165) is 31.2 Å². The molecule has 1 saturated heterocycles. The Morgan fingerprint density at radius 1 is 1.00 bits per heavy atom. The van der Waals surface area contributed by atoms with Crippen molar-refractivity contribution in [3.05, 3.63) is 95.3 Å². The van der Waals surface area contributed by atoms with E-state index in [-0.39, 0.29) is 11.3 Å². The number of hydrogen-bond acceptors (Lipinski definition) is 5. The van der Waals surface area contributed by atoms with Gasteiger partial charge in [-0.1, -0.05) is 44.9 Å². The normalized spacial score (nSPS) is 17.1. The Morgan fingerprint density at radius 3 is 2.37 bits per heavy atom. The van der Waals surface area contributed by atoms with Gasteiger partial charge in [0.25, 0.3) is 11.7 Å². The van der Waals surface area contributed by atoms with Gasteiger partial charge >= 0.3 is 0 Å². The Morgan fingerprint density at radius 2 is 1.74 bits per heavy atom. The Kier molecular flexibility index (Phi) is 7.60. The van der Waals surface area contributed by atoms with E-state index in [4.69, 9.17) is 4.74 Å². The van der Waals surface area contributed by atoms with Crippen LogP contribution in [0.25, 0.3) is 5.76 Å². The van der Waals surface area contributed by atoms with Gasteiger partial charge in [-0.15, -0.1) is 0 Å². The fourth-order valence-electron chi connectivity index (χ4n) is 4.25. The molecule has 1 aliphatic heterocycles. The van der Waals surface area contributed by atoms with Crippen molar-refractivity contribution < 1.29 is 19.4 Å². The van der Waals surface area contributed by atoms with Crippen LogP contribution in [0.5, 0.6) is 5.75 Å². The number of aryl methyl sites for hydroxylation is 1. The molecule has 1 aromatic heterocycles. The maximum Gasteiger partial charge on any atom is 0.300 e. The number of benzene rings is 2. The molecule has 1 atom stereocenters. The summed E-state index contributed by atoms with van der Waals surface area (Å²) in [6.45, 7) is 4.82. The number of rotatable bonds is 9. The topological polar surface area (TPSA) is 79.7 Å². The van der Waals surface area contributed by atoms with Crippen molar-refractivity contribution in [3.63, 3.8) is 0 Å². The minimum atomic E-state index is -0.791. The highest BCUT2D eigenvalue weighted by Gasteiger charge is 2.47. The average molecular weight is 471 g/mol. The molecule has 1 unspecified atom stereocenters. The zero-order valence-electron chi connectivity index (χ0n) is 20.1. The number of aliphatic hydroxyl groups is 1. The van der Waals surface area contributed by atoms with Gasteiger partial charge in [-0.25, -0.2) is 0 Å². The second-order valence-corrected chi connectivity index (χ2v) is 8.56. The van der Waals surface area contributed by atoms with E-state index in [9.17, 15) is 14.7 Å². The molecular formula is C29H30N2O4. The van der Waals surface area contributed by atoms with Crippen LogP contribution < -0.4 is 9.64 Å². The van der Waals surface area contributed by atoms with E-state index in [1.165, 1.54) is 4.90 Å². The summed E-state index contributed by atoms with van der Waals surface area (Å²) in [7, 11) is 0. The third-order valence-corrected chi connectivity index (χ3v) is 6.21. The molecular weight excluding hydrogens is 440 g/mol. The summed E-state index contributed by atoms with van der Waals surface area (Å²) in [4.78, 5) is 32.1. The third kappa shape index (κ3) is 5.11. The lowest BCUT2D eigenvalue weighted by atomic mass is 9.96. The SMILES string of the molecule is CCCCCOc1ccc(/C(O)=C2/C(=O)C(=O)N(c3ccc(CC)cc3)C2c2cccnc2)cc1. The van der Waals surface area contributed by atoms with Crippen molar-refractivity contribution in [2.75, 3.05) is 11.5 Å². The summed E-state index contributed by atoms with van der Waals surface area (Å²) >= 11 is 0. The number of unbranched alkanes of at least 4 members (excludes halogenated alkanes) is 2. The summed E-state index contributed by atoms with van der Waals surface area (Å²) in [6.07, 6.45) is 7.31. The summed E-state index contributed by atoms with van der Waals surface area (Å²) < 4.78 is 5.76. The molecule has 2 heterocycles. The highest BCUT2D eigenvalue weighted by Crippen LogP contribution is 2.42. The predicted octanol–water partition coefficient (Wildman–Crippen LogP) is 5.84. The number of ether oxygens (including phenoxy) is 1. The molecule has 0 radical (unpaired) electrons. The standard InChI is InChI=1S/C29H30N2O4/c1-3-5-6-18-35-24-15-11-21(12-16-24)27(32)25-26(22-8-7-17-30-19-22)31(29(34)28(25)33)23-13-9-20(4-2)10-14-23/h7-17,19,26,32H,3-6,18H2,1-2H3/b27-25-. The van der Waals surface area contributed by atoms with Crippen LogP contribution in [0.15, 0.2) is 78.6 Å². The molecule has 0 spiro atoms. The van der Waals surface area contributed by atoms with Gasteiger partial charge in [0.1, 0.15) is 11.5 Å². The molecule has 0 bridgehead atoms. The zero-order valence-corrected chi connectivity index (χ0v) is 20.1. The maximum absolute atomic E-state index is 13.2. The van der Waals surface area contributed by atoms with E-state index in [1.54, 1.807) is 48.8 Å². The maximum atomic E-state index is 13.2. The Hall–Kier alpha value is -3.93. The van der Waals surface area contributed by atoms with Crippen molar-refractivity contribution in [2.45, 2.75) is 45.6 Å². The summed E-state index contributed by atoms with van der Waals surface area (Å²) in [5, 5.41) is 11.2. The fourth-order valence-corrected chi connectivity index (χ4v) is 4.25. The lowest BCUT2D eigenvalue weighted by Crippen LogP contribution is -2.29. The number of anilines is 1. The average Bonchev–Trinajstić information content (AvgIpc) is 3.17. The van der Waals surface area contributed by atoms with Crippen LogP contribution in [0.1, 0.15) is 55.8 Å². The first-order valence-corrected chi connectivity index (χ1v) is 12.1. The zero-order chi connectivity index (χ0) is 24.8. The van der Waals surface area contributed by atoms with Crippen LogP contribution >= 0.6 is 0 Å². The number of ketones is 1. The Labute approximate surface area is 205 Å². The van der Waals surface area contributed by atoms with Crippen molar-refractivity contribution >= 4 is 23.1 Å². The number of pyridine rings is 1. The Bertz CT molecular complexity index is 1200. The van der Waals surface area contributed by atoms with Crippen LogP contribution in [-0.4, -0.2) is 28.4 Å². The van der Waals surface area contributed by atoms with Gasteiger partial charge in [0.2, 0.25) is 0 Å². The molecule has 6 heteroatoms. The van der Waals surface area contributed by atoms with Crippen molar-refractivity contribution in [1.29, 1.82) is 0 Å². The van der Waals surface area contributed by atoms with Gasteiger partial charge in [0.05, 0.1) is 18.2 Å². The number of carbonyl (C=O) groups is 2. The summed E-state index contributed by atoms with van der Waals surface area (Å²) in [5.41, 5.74) is 2.84.